The average molecular weight is 259 g/mol. The summed E-state index contributed by atoms with van der Waals surface area (Å²) >= 11 is 0. The van der Waals surface area contributed by atoms with E-state index in [9.17, 15) is 13.2 Å². The molecule has 1 aromatic rings. The Morgan fingerprint density at radius 3 is 2.56 bits per heavy atom. The van der Waals surface area contributed by atoms with Gasteiger partial charge in [-0.2, -0.15) is 0 Å². The fourth-order valence-electron chi connectivity index (χ4n) is 2.07. The van der Waals surface area contributed by atoms with Crippen LogP contribution in [0.25, 0.3) is 0 Å². The summed E-state index contributed by atoms with van der Waals surface area (Å²) in [6, 6.07) is 6.24. The van der Waals surface area contributed by atoms with Gasteiger partial charge in [-0.3, -0.25) is 0 Å². The number of ether oxygens (including phenoxy) is 1. The predicted molar refractivity (Wildman–Crippen MR) is 62.3 cm³/mol. The Balaban J connectivity index is 2.18. The van der Waals surface area contributed by atoms with Crippen molar-refractivity contribution in [3.63, 3.8) is 0 Å². The highest BCUT2D eigenvalue weighted by Crippen LogP contribution is 2.40. The third kappa shape index (κ3) is 3.63. The molecule has 1 aliphatic carbocycles. The largest absolute Gasteiger partial charge is 0.573 e. The molecule has 100 valence electrons. The van der Waals surface area contributed by atoms with Crippen molar-refractivity contribution in [2.45, 2.75) is 31.7 Å². The molecule has 0 heterocycles. The van der Waals surface area contributed by atoms with E-state index in [1.54, 1.807) is 25.2 Å². The van der Waals surface area contributed by atoms with Crippen LogP contribution in [-0.2, 0) is 0 Å². The van der Waals surface area contributed by atoms with E-state index in [-0.39, 0.29) is 11.8 Å². The first kappa shape index (κ1) is 13.2. The van der Waals surface area contributed by atoms with Crippen LogP contribution in [0.15, 0.2) is 24.3 Å². The highest BCUT2D eigenvalue weighted by molar-refractivity contribution is 5.36. The summed E-state index contributed by atoms with van der Waals surface area (Å²) in [5, 5.41) is 3.07. The SMILES string of the molecule is CNC(CC1CC1)c1ccccc1OC(F)(F)F. The monoisotopic (exact) mass is 259 g/mol. The molecule has 1 unspecified atom stereocenters. The molecular formula is C13H16F3NO. The molecule has 1 aromatic carbocycles. The number of nitrogens with one attached hydrogen (secondary N) is 1. The number of alkyl halides is 3. The first-order chi connectivity index (χ1) is 8.49. The maximum absolute atomic E-state index is 12.3. The minimum atomic E-state index is -4.64. The Morgan fingerprint density at radius 1 is 1.33 bits per heavy atom. The Bertz CT molecular complexity index is 401. The van der Waals surface area contributed by atoms with Gasteiger partial charge in [-0.1, -0.05) is 31.0 Å². The van der Waals surface area contributed by atoms with Crippen molar-refractivity contribution in [1.82, 2.24) is 5.32 Å². The molecule has 0 aromatic heterocycles. The van der Waals surface area contributed by atoms with Gasteiger partial charge in [0, 0.05) is 11.6 Å². The quantitative estimate of drug-likeness (QED) is 0.871. The molecule has 5 heteroatoms. The molecule has 0 bridgehead atoms. The second-order valence-electron chi connectivity index (χ2n) is 4.61. The number of hydrogen-bond acceptors (Lipinski definition) is 2. The van der Waals surface area contributed by atoms with Gasteiger partial charge >= 0.3 is 6.36 Å². The lowest BCUT2D eigenvalue weighted by Crippen LogP contribution is -2.22. The van der Waals surface area contributed by atoms with Crippen LogP contribution in [0.4, 0.5) is 13.2 Å². The third-order valence-corrected chi connectivity index (χ3v) is 3.13. The number of rotatable bonds is 5. The summed E-state index contributed by atoms with van der Waals surface area (Å²) in [5.74, 6) is 0.520. The third-order valence-electron chi connectivity index (χ3n) is 3.13. The summed E-state index contributed by atoms with van der Waals surface area (Å²) in [4.78, 5) is 0. The van der Waals surface area contributed by atoms with Crippen LogP contribution in [0.2, 0.25) is 0 Å². The van der Waals surface area contributed by atoms with Crippen molar-refractivity contribution in [1.29, 1.82) is 0 Å². The second-order valence-corrected chi connectivity index (χ2v) is 4.61. The lowest BCUT2D eigenvalue weighted by molar-refractivity contribution is -0.275. The highest BCUT2D eigenvalue weighted by atomic mass is 19.4. The van der Waals surface area contributed by atoms with Crippen LogP contribution in [-0.4, -0.2) is 13.4 Å². The molecule has 1 atom stereocenters. The second kappa shape index (κ2) is 5.18. The normalized spacial score (nSPS) is 17.6. The van der Waals surface area contributed by atoms with Crippen LogP contribution in [0.1, 0.15) is 30.9 Å². The zero-order valence-electron chi connectivity index (χ0n) is 10.1. The van der Waals surface area contributed by atoms with Crippen LogP contribution in [0, 0.1) is 5.92 Å². The molecule has 1 N–H and O–H groups in total. The summed E-state index contributed by atoms with van der Waals surface area (Å²) in [6.07, 6.45) is -1.45. The van der Waals surface area contributed by atoms with Gasteiger partial charge in [-0.05, 0) is 25.5 Å². The molecule has 18 heavy (non-hydrogen) atoms. The topological polar surface area (TPSA) is 21.3 Å². The maximum Gasteiger partial charge on any atom is 0.573 e. The molecular weight excluding hydrogens is 243 g/mol. The standard InChI is InChI=1S/C13H16F3NO/c1-17-11(8-9-6-7-9)10-4-2-3-5-12(10)18-13(14,15)16/h2-5,9,11,17H,6-8H2,1H3. The first-order valence-corrected chi connectivity index (χ1v) is 6.01. The molecule has 1 aliphatic rings. The van der Waals surface area contributed by atoms with Crippen LogP contribution in [0.5, 0.6) is 5.75 Å². The average Bonchev–Trinajstić information content (AvgIpc) is 3.09. The number of benzene rings is 1. The smallest absolute Gasteiger partial charge is 0.405 e. The van der Waals surface area contributed by atoms with Gasteiger partial charge < -0.3 is 10.1 Å². The number of hydrogen-bond donors (Lipinski definition) is 1. The highest BCUT2D eigenvalue weighted by Gasteiger charge is 2.33. The van der Waals surface area contributed by atoms with E-state index in [1.807, 2.05) is 0 Å². The molecule has 2 nitrogen and oxygen atoms in total. The summed E-state index contributed by atoms with van der Waals surface area (Å²) in [5.41, 5.74) is 0.573. The fraction of sp³-hybridized carbons (Fsp3) is 0.538. The molecule has 0 radical (unpaired) electrons. The number of halogens is 3. The van der Waals surface area contributed by atoms with E-state index >= 15 is 0 Å². The van der Waals surface area contributed by atoms with Crippen molar-refractivity contribution >= 4 is 0 Å². The zero-order chi connectivity index (χ0) is 13.2. The van der Waals surface area contributed by atoms with Gasteiger partial charge in [0.25, 0.3) is 0 Å². The molecule has 2 rings (SSSR count). The Labute approximate surface area is 104 Å². The first-order valence-electron chi connectivity index (χ1n) is 6.01. The van der Waals surface area contributed by atoms with Gasteiger partial charge in [0.05, 0.1) is 0 Å². The Hall–Kier alpha value is -1.23. The van der Waals surface area contributed by atoms with Crippen molar-refractivity contribution in [2.75, 3.05) is 7.05 Å². The molecule has 1 saturated carbocycles. The molecule has 0 aliphatic heterocycles. The fourth-order valence-corrected chi connectivity index (χ4v) is 2.07. The maximum atomic E-state index is 12.3. The van der Waals surface area contributed by atoms with E-state index in [0.29, 0.717) is 11.5 Å². The number of para-hydroxylation sites is 1. The van der Waals surface area contributed by atoms with Crippen molar-refractivity contribution in [3.8, 4) is 5.75 Å². The van der Waals surface area contributed by atoms with Gasteiger partial charge in [-0.15, -0.1) is 13.2 Å². The van der Waals surface area contributed by atoms with Crippen LogP contribution >= 0.6 is 0 Å². The van der Waals surface area contributed by atoms with Crippen molar-refractivity contribution < 1.29 is 17.9 Å². The zero-order valence-corrected chi connectivity index (χ0v) is 10.1. The lowest BCUT2D eigenvalue weighted by Gasteiger charge is -2.20. The van der Waals surface area contributed by atoms with Crippen molar-refractivity contribution in [2.24, 2.45) is 5.92 Å². The Morgan fingerprint density at radius 2 is 2.00 bits per heavy atom. The van der Waals surface area contributed by atoms with Gasteiger partial charge in [0.2, 0.25) is 0 Å². The summed E-state index contributed by atoms with van der Waals surface area (Å²) in [6.45, 7) is 0. The van der Waals surface area contributed by atoms with E-state index < -0.39 is 6.36 Å². The van der Waals surface area contributed by atoms with E-state index in [4.69, 9.17) is 0 Å². The molecule has 1 fully saturated rings. The van der Waals surface area contributed by atoms with Crippen LogP contribution in [0.3, 0.4) is 0 Å². The van der Waals surface area contributed by atoms with E-state index in [1.165, 1.54) is 18.9 Å². The molecule has 0 saturated heterocycles. The molecule has 0 amide bonds. The van der Waals surface area contributed by atoms with Crippen molar-refractivity contribution in [3.05, 3.63) is 29.8 Å². The molecule has 0 spiro atoms. The van der Waals surface area contributed by atoms with E-state index in [2.05, 4.69) is 10.1 Å². The van der Waals surface area contributed by atoms with Gasteiger partial charge in [0.1, 0.15) is 5.75 Å². The Kier molecular flexibility index (Phi) is 3.80. The minimum absolute atomic E-state index is 0.0870. The summed E-state index contributed by atoms with van der Waals surface area (Å²) < 4.78 is 41.0. The summed E-state index contributed by atoms with van der Waals surface area (Å²) in [7, 11) is 1.76. The predicted octanol–water partition coefficient (Wildman–Crippen LogP) is 3.65. The minimum Gasteiger partial charge on any atom is -0.405 e. The van der Waals surface area contributed by atoms with Gasteiger partial charge in [-0.25, -0.2) is 0 Å². The van der Waals surface area contributed by atoms with Gasteiger partial charge in [0.15, 0.2) is 0 Å². The lowest BCUT2D eigenvalue weighted by atomic mass is 10.0. The van der Waals surface area contributed by atoms with Crippen LogP contribution < -0.4 is 10.1 Å². The van der Waals surface area contributed by atoms with E-state index in [0.717, 1.165) is 6.42 Å².